The number of sulfonamides is 1. The zero-order chi connectivity index (χ0) is 21.9. The third kappa shape index (κ3) is 2.87. The Hall–Kier alpha value is -1.77. The smallest absolute Gasteiger partial charge is 0.250 e. The van der Waals surface area contributed by atoms with E-state index in [4.69, 9.17) is 10.3 Å². The lowest BCUT2D eigenvalue weighted by atomic mass is 9.69. The molecule has 5 atom stereocenters. The van der Waals surface area contributed by atoms with E-state index < -0.39 is 32.2 Å². The summed E-state index contributed by atoms with van der Waals surface area (Å²) in [5.74, 6) is 0.489. The third-order valence-corrected chi connectivity index (χ3v) is 10.6. The molecule has 2 aliphatic carbocycles. The Kier molecular flexibility index (Phi) is 5.11. The topological polar surface area (TPSA) is 112 Å². The van der Waals surface area contributed by atoms with Gasteiger partial charge in [0.25, 0.3) is 5.91 Å². The van der Waals surface area contributed by atoms with Gasteiger partial charge in [-0.2, -0.15) is 0 Å². The SMILES string of the molecule is COc1ccc([C@@H](N=[N+]=[N-])[C@@H](Br)C(=O)N2[C@@H]3C[C@H]4CC[C@]3(CS2(=O)=O)C4(C)C)cc1. The van der Waals surface area contributed by atoms with Crippen LogP contribution in [0.3, 0.4) is 0 Å². The van der Waals surface area contributed by atoms with Crippen LogP contribution in [0.1, 0.15) is 44.7 Å². The van der Waals surface area contributed by atoms with Crippen molar-refractivity contribution in [3.8, 4) is 5.75 Å². The number of fused-ring (bicyclic) bond motifs is 1. The van der Waals surface area contributed by atoms with Gasteiger partial charge in [0.1, 0.15) is 10.6 Å². The van der Waals surface area contributed by atoms with Crippen LogP contribution in [0, 0.1) is 16.7 Å². The summed E-state index contributed by atoms with van der Waals surface area (Å²) in [5, 5.41) is 3.80. The number of hydrogen-bond donors (Lipinski definition) is 0. The molecule has 10 heteroatoms. The molecule has 2 bridgehead atoms. The Bertz CT molecular complexity index is 1020. The van der Waals surface area contributed by atoms with Crippen molar-refractivity contribution in [3.63, 3.8) is 0 Å². The molecule has 30 heavy (non-hydrogen) atoms. The number of carbonyl (C=O) groups excluding carboxylic acids is 1. The van der Waals surface area contributed by atoms with Crippen molar-refractivity contribution in [3.05, 3.63) is 40.3 Å². The van der Waals surface area contributed by atoms with Gasteiger partial charge < -0.3 is 4.74 Å². The molecule has 0 aromatic heterocycles. The number of azide groups is 1. The lowest BCUT2D eigenvalue weighted by Crippen LogP contribution is -2.47. The van der Waals surface area contributed by atoms with Crippen molar-refractivity contribution < 1.29 is 17.9 Å². The summed E-state index contributed by atoms with van der Waals surface area (Å²) in [6, 6.07) is 5.62. The summed E-state index contributed by atoms with van der Waals surface area (Å²) < 4.78 is 32.6. The lowest BCUT2D eigenvalue weighted by molar-refractivity contribution is -0.128. The maximum atomic E-state index is 13.5. The highest BCUT2D eigenvalue weighted by atomic mass is 79.9. The minimum Gasteiger partial charge on any atom is -0.497 e. The van der Waals surface area contributed by atoms with Crippen molar-refractivity contribution in [1.82, 2.24) is 4.31 Å². The van der Waals surface area contributed by atoms with Crippen molar-refractivity contribution in [1.29, 1.82) is 0 Å². The van der Waals surface area contributed by atoms with Crippen molar-refractivity contribution >= 4 is 31.9 Å². The molecule has 1 heterocycles. The van der Waals surface area contributed by atoms with Gasteiger partial charge in [-0.05, 0) is 53.8 Å². The average molecular weight is 497 g/mol. The van der Waals surface area contributed by atoms with E-state index in [2.05, 4.69) is 39.8 Å². The first-order valence-corrected chi connectivity index (χ1v) is 12.5. The first-order chi connectivity index (χ1) is 14.1. The van der Waals surface area contributed by atoms with E-state index in [0.717, 1.165) is 17.1 Å². The molecule has 1 aromatic carbocycles. The highest BCUT2D eigenvalue weighted by Crippen LogP contribution is 2.70. The lowest BCUT2D eigenvalue weighted by Gasteiger charge is -2.37. The molecule has 1 saturated heterocycles. The van der Waals surface area contributed by atoms with Crippen LogP contribution in [0.5, 0.6) is 5.75 Å². The molecule has 1 aromatic rings. The molecule has 3 fully saturated rings. The second-order valence-electron chi connectivity index (χ2n) is 9.08. The number of nitrogens with zero attached hydrogens (tertiary/aromatic N) is 4. The number of benzene rings is 1. The normalized spacial score (nSPS) is 32.2. The van der Waals surface area contributed by atoms with Gasteiger partial charge in [-0.1, -0.05) is 47.0 Å². The van der Waals surface area contributed by atoms with E-state index in [0.29, 0.717) is 23.7 Å². The van der Waals surface area contributed by atoms with Crippen molar-refractivity contribution in [2.45, 2.75) is 50.0 Å². The average Bonchev–Trinajstić information content (AvgIpc) is 3.19. The molecule has 3 aliphatic rings. The fourth-order valence-electron chi connectivity index (χ4n) is 5.99. The molecular formula is C20H25BrN4O4S. The van der Waals surface area contributed by atoms with Gasteiger partial charge >= 0.3 is 0 Å². The fraction of sp³-hybridized carbons (Fsp3) is 0.650. The van der Waals surface area contributed by atoms with E-state index in [1.807, 2.05) is 0 Å². The molecule has 0 N–H and O–H groups in total. The Morgan fingerprint density at radius 1 is 1.37 bits per heavy atom. The predicted octanol–water partition coefficient (Wildman–Crippen LogP) is 4.18. The number of amides is 1. The van der Waals surface area contributed by atoms with Crippen LogP contribution in [-0.2, 0) is 14.8 Å². The van der Waals surface area contributed by atoms with Gasteiger partial charge in [-0.3, -0.25) is 4.79 Å². The first kappa shape index (κ1) is 21.5. The molecular weight excluding hydrogens is 472 g/mol. The summed E-state index contributed by atoms with van der Waals surface area (Å²) in [4.78, 5) is 15.4. The molecule has 0 unspecified atom stereocenters. The van der Waals surface area contributed by atoms with Gasteiger partial charge in [0.05, 0.1) is 24.9 Å². The second kappa shape index (κ2) is 7.14. The number of rotatable bonds is 5. The van der Waals surface area contributed by atoms with Gasteiger partial charge in [-0.25, -0.2) is 12.7 Å². The Balaban J connectivity index is 1.68. The number of halogens is 1. The molecule has 1 aliphatic heterocycles. The molecule has 1 spiro atoms. The van der Waals surface area contributed by atoms with Gasteiger partial charge in [0.2, 0.25) is 10.0 Å². The van der Waals surface area contributed by atoms with Crippen LogP contribution < -0.4 is 4.74 Å². The minimum atomic E-state index is -3.75. The van der Waals surface area contributed by atoms with Gasteiger partial charge in [-0.15, -0.1) is 0 Å². The summed E-state index contributed by atoms with van der Waals surface area (Å²) >= 11 is 3.37. The summed E-state index contributed by atoms with van der Waals surface area (Å²) in [6.07, 6.45) is 2.53. The molecule has 0 radical (unpaired) electrons. The molecule has 1 amide bonds. The predicted molar refractivity (Wildman–Crippen MR) is 116 cm³/mol. The largest absolute Gasteiger partial charge is 0.497 e. The quantitative estimate of drug-likeness (QED) is 0.263. The maximum absolute atomic E-state index is 13.5. The molecule has 2 saturated carbocycles. The fourth-order valence-corrected chi connectivity index (χ4v) is 9.32. The minimum absolute atomic E-state index is 0.00828. The first-order valence-electron chi connectivity index (χ1n) is 9.97. The molecule has 8 nitrogen and oxygen atoms in total. The standard InChI is InChI=1S/C20H25BrN4O4S/c1-19(2)13-8-9-20(19)11-30(27,28)25(15(20)10-13)18(26)16(21)17(23-24-22)12-4-6-14(29-3)7-5-12/h4-7,13,15-17H,8-11H2,1-3H3/t13-,15-,16-,17-,20-/m1/s1. The van der Waals surface area contributed by atoms with Crippen molar-refractivity contribution in [2.24, 2.45) is 21.9 Å². The number of alkyl halides is 1. The van der Waals surface area contributed by atoms with Gasteiger partial charge in [0, 0.05) is 10.3 Å². The number of methoxy groups -OCH3 is 1. The van der Waals surface area contributed by atoms with E-state index in [9.17, 15) is 13.2 Å². The second-order valence-corrected chi connectivity index (χ2v) is 11.9. The highest BCUT2D eigenvalue weighted by molar-refractivity contribution is 9.10. The Morgan fingerprint density at radius 3 is 2.60 bits per heavy atom. The van der Waals surface area contributed by atoms with Crippen LogP contribution in [0.25, 0.3) is 10.4 Å². The number of hydrogen-bond acceptors (Lipinski definition) is 5. The zero-order valence-corrected chi connectivity index (χ0v) is 19.6. The van der Waals surface area contributed by atoms with E-state index in [1.165, 1.54) is 0 Å². The summed E-state index contributed by atoms with van der Waals surface area (Å²) in [7, 11) is -2.20. The van der Waals surface area contributed by atoms with Crippen LogP contribution in [0.2, 0.25) is 0 Å². The van der Waals surface area contributed by atoms with Crippen molar-refractivity contribution in [2.75, 3.05) is 12.9 Å². The number of ether oxygens (including phenoxy) is 1. The summed E-state index contributed by atoms with van der Waals surface area (Å²) in [5.41, 5.74) is 9.15. The van der Waals surface area contributed by atoms with Crippen LogP contribution in [0.4, 0.5) is 0 Å². The van der Waals surface area contributed by atoms with E-state index in [-0.39, 0.29) is 17.2 Å². The van der Waals surface area contributed by atoms with E-state index >= 15 is 0 Å². The van der Waals surface area contributed by atoms with E-state index in [1.54, 1.807) is 31.4 Å². The molecule has 162 valence electrons. The zero-order valence-electron chi connectivity index (χ0n) is 17.2. The monoisotopic (exact) mass is 496 g/mol. The maximum Gasteiger partial charge on any atom is 0.250 e. The number of carbonyl (C=O) groups is 1. The highest BCUT2D eigenvalue weighted by Gasteiger charge is 2.72. The molecule has 4 rings (SSSR count). The summed E-state index contributed by atoms with van der Waals surface area (Å²) in [6.45, 7) is 4.28. The van der Waals surface area contributed by atoms with Crippen LogP contribution in [-0.4, -0.2) is 42.4 Å². The van der Waals surface area contributed by atoms with Crippen LogP contribution in [0.15, 0.2) is 29.4 Å². The Morgan fingerprint density at radius 2 is 2.03 bits per heavy atom. The third-order valence-electron chi connectivity index (χ3n) is 7.77. The van der Waals surface area contributed by atoms with Gasteiger partial charge in [0.15, 0.2) is 0 Å². The Labute approximate surface area is 184 Å². The van der Waals surface area contributed by atoms with Crippen LogP contribution >= 0.6 is 15.9 Å².